The van der Waals surface area contributed by atoms with Crippen molar-refractivity contribution in [1.29, 1.82) is 0 Å². The van der Waals surface area contributed by atoms with Gasteiger partial charge in [-0.2, -0.15) is 0 Å². The van der Waals surface area contributed by atoms with Crippen LogP contribution in [0.5, 0.6) is 0 Å². The number of benzene rings is 2. The van der Waals surface area contributed by atoms with Gasteiger partial charge in [0.05, 0.1) is 18.3 Å². The van der Waals surface area contributed by atoms with E-state index in [1.807, 2.05) is 59.5 Å². The molecule has 0 amide bonds. The molecule has 0 spiro atoms. The Morgan fingerprint density at radius 1 is 0.615 bits per heavy atom. The maximum Gasteiger partial charge on any atom is 0.0691 e. The Kier molecular flexibility index (Phi) is 7.45. The molecule has 5 heteroatoms. The Hall–Kier alpha value is -2.08. The Balaban J connectivity index is 2.26. The van der Waals surface area contributed by atoms with Crippen LogP contribution >= 0.6 is 0 Å². The van der Waals surface area contributed by atoms with Crippen molar-refractivity contribution in [3.63, 3.8) is 0 Å². The Morgan fingerprint density at radius 2 is 1.04 bits per heavy atom. The van der Waals surface area contributed by atoms with Gasteiger partial charge in [0.25, 0.3) is 0 Å². The van der Waals surface area contributed by atoms with Gasteiger partial charge in [-0.3, -0.25) is 0 Å². The van der Waals surface area contributed by atoms with Crippen molar-refractivity contribution in [2.45, 2.75) is 39.1 Å². The van der Waals surface area contributed by atoms with Crippen LogP contribution in [-0.4, -0.2) is 53.3 Å². The molecule has 0 heterocycles. The van der Waals surface area contributed by atoms with Gasteiger partial charge < -0.3 is 25.1 Å². The number of aliphatic hydroxyl groups is 3. The second-order valence-corrected chi connectivity index (χ2v) is 6.91. The Morgan fingerprint density at radius 3 is 1.50 bits per heavy atom. The first-order valence-electron chi connectivity index (χ1n) is 9.08. The number of rotatable bonds is 9. The number of aliphatic hydroxyl groups excluding tert-OH is 3. The summed E-state index contributed by atoms with van der Waals surface area (Å²) in [5.41, 5.74) is 2.95. The summed E-state index contributed by atoms with van der Waals surface area (Å²) in [5.74, 6) is 0. The molecule has 0 bridgehead atoms. The molecule has 0 aromatic heterocycles. The van der Waals surface area contributed by atoms with Crippen molar-refractivity contribution in [2.24, 2.45) is 0 Å². The lowest BCUT2D eigenvalue weighted by molar-refractivity contribution is 0.178. The Bertz CT molecular complexity index is 632. The number of para-hydroxylation sites is 1. The van der Waals surface area contributed by atoms with Gasteiger partial charge in [0, 0.05) is 36.7 Å². The maximum atomic E-state index is 9.88. The molecule has 0 aliphatic rings. The van der Waals surface area contributed by atoms with Crippen molar-refractivity contribution in [3.05, 3.63) is 54.6 Å². The predicted molar refractivity (Wildman–Crippen MR) is 107 cm³/mol. The summed E-state index contributed by atoms with van der Waals surface area (Å²) in [7, 11) is 0. The van der Waals surface area contributed by atoms with Crippen LogP contribution in [0.25, 0.3) is 0 Å². The highest BCUT2D eigenvalue weighted by Crippen LogP contribution is 2.28. The zero-order valence-electron chi connectivity index (χ0n) is 15.8. The van der Waals surface area contributed by atoms with Crippen LogP contribution in [-0.2, 0) is 0 Å². The highest BCUT2D eigenvalue weighted by Gasteiger charge is 2.15. The molecule has 142 valence electrons. The van der Waals surface area contributed by atoms with E-state index < -0.39 is 18.3 Å². The van der Waals surface area contributed by atoms with E-state index in [2.05, 4.69) is 4.90 Å². The molecule has 3 atom stereocenters. The average Bonchev–Trinajstić information content (AvgIpc) is 2.59. The normalized spacial score (nSPS) is 14.5. The molecule has 3 N–H and O–H groups in total. The van der Waals surface area contributed by atoms with Crippen LogP contribution in [0.3, 0.4) is 0 Å². The average molecular weight is 358 g/mol. The van der Waals surface area contributed by atoms with Crippen LogP contribution < -0.4 is 9.80 Å². The topological polar surface area (TPSA) is 67.2 Å². The van der Waals surface area contributed by atoms with E-state index in [9.17, 15) is 15.3 Å². The SMILES string of the molecule is CC(O)CN(CC(C)O)c1ccc(N(CC(C)O)c2ccccc2)cc1. The number of hydrogen-bond acceptors (Lipinski definition) is 5. The van der Waals surface area contributed by atoms with Gasteiger partial charge in [0.15, 0.2) is 0 Å². The predicted octanol–water partition coefficient (Wildman–Crippen LogP) is 2.77. The van der Waals surface area contributed by atoms with Crippen LogP contribution in [0.1, 0.15) is 20.8 Å². The fraction of sp³-hybridized carbons (Fsp3) is 0.429. The lowest BCUT2D eigenvalue weighted by Crippen LogP contribution is -2.36. The second-order valence-electron chi connectivity index (χ2n) is 6.91. The standard InChI is InChI=1S/C21H30N2O3/c1-16(24)13-22(14-17(2)25)19-9-11-21(12-10-19)23(15-18(3)26)20-7-5-4-6-8-20/h4-12,16-18,24-26H,13-15H2,1-3H3. The summed E-state index contributed by atoms with van der Waals surface area (Å²) < 4.78 is 0. The van der Waals surface area contributed by atoms with E-state index in [1.54, 1.807) is 20.8 Å². The van der Waals surface area contributed by atoms with E-state index in [0.29, 0.717) is 19.6 Å². The van der Waals surface area contributed by atoms with Gasteiger partial charge in [-0.05, 0) is 57.2 Å². The summed E-state index contributed by atoms with van der Waals surface area (Å²) in [6.45, 7) is 6.67. The monoisotopic (exact) mass is 358 g/mol. The van der Waals surface area contributed by atoms with E-state index >= 15 is 0 Å². The molecule has 3 unspecified atom stereocenters. The fourth-order valence-electron chi connectivity index (χ4n) is 3.00. The lowest BCUT2D eigenvalue weighted by Gasteiger charge is -2.29. The summed E-state index contributed by atoms with van der Waals surface area (Å²) in [4.78, 5) is 4.04. The highest BCUT2D eigenvalue weighted by atomic mass is 16.3. The van der Waals surface area contributed by atoms with Crippen LogP contribution in [0.2, 0.25) is 0 Å². The van der Waals surface area contributed by atoms with Gasteiger partial charge in [-0.1, -0.05) is 18.2 Å². The van der Waals surface area contributed by atoms with Crippen molar-refractivity contribution in [3.8, 4) is 0 Å². The van der Waals surface area contributed by atoms with E-state index in [1.165, 1.54) is 0 Å². The van der Waals surface area contributed by atoms with E-state index in [4.69, 9.17) is 0 Å². The quantitative estimate of drug-likeness (QED) is 0.643. The molecule has 2 aromatic rings. The van der Waals surface area contributed by atoms with Gasteiger partial charge in [0.2, 0.25) is 0 Å². The van der Waals surface area contributed by atoms with Crippen LogP contribution in [0.4, 0.5) is 17.1 Å². The number of nitrogens with zero attached hydrogens (tertiary/aromatic N) is 2. The number of anilines is 3. The third-order valence-corrected chi connectivity index (χ3v) is 4.01. The highest BCUT2D eigenvalue weighted by molar-refractivity contribution is 5.66. The fourth-order valence-corrected chi connectivity index (χ4v) is 3.00. The molecule has 2 rings (SSSR count). The summed E-state index contributed by atoms with van der Waals surface area (Å²) >= 11 is 0. The largest absolute Gasteiger partial charge is 0.392 e. The van der Waals surface area contributed by atoms with Crippen molar-refractivity contribution >= 4 is 17.1 Å². The number of hydrogen-bond donors (Lipinski definition) is 3. The Labute approximate surface area is 156 Å². The molecule has 0 aliphatic heterocycles. The molecular formula is C21H30N2O3. The van der Waals surface area contributed by atoms with Gasteiger partial charge in [-0.25, -0.2) is 0 Å². The summed E-state index contributed by atoms with van der Waals surface area (Å²) in [6, 6.07) is 17.9. The molecule has 2 aromatic carbocycles. The van der Waals surface area contributed by atoms with Crippen molar-refractivity contribution < 1.29 is 15.3 Å². The maximum absolute atomic E-state index is 9.88. The summed E-state index contributed by atoms with van der Waals surface area (Å²) in [5, 5.41) is 29.3. The van der Waals surface area contributed by atoms with Gasteiger partial charge in [0.1, 0.15) is 0 Å². The molecule has 0 aliphatic carbocycles. The van der Waals surface area contributed by atoms with E-state index in [-0.39, 0.29) is 0 Å². The first-order valence-corrected chi connectivity index (χ1v) is 9.08. The smallest absolute Gasteiger partial charge is 0.0691 e. The molecule has 0 radical (unpaired) electrons. The lowest BCUT2D eigenvalue weighted by atomic mass is 10.2. The minimum atomic E-state index is -0.482. The van der Waals surface area contributed by atoms with Crippen LogP contribution in [0, 0.1) is 0 Å². The van der Waals surface area contributed by atoms with Gasteiger partial charge >= 0.3 is 0 Å². The first kappa shape index (κ1) is 20.2. The minimum absolute atomic E-state index is 0.459. The molecular weight excluding hydrogens is 328 g/mol. The molecule has 0 saturated heterocycles. The second kappa shape index (κ2) is 9.57. The molecule has 0 saturated carbocycles. The van der Waals surface area contributed by atoms with Crippen molar-refractivity contribution in [2.75, 3.05) is 29.4 Å². The van der Waals surface area contributed by atoms with Gasteiger partial charge in [-0.15, -0.1) is 0 Å². The van der Waals surface area contributed by atoms with Crippen LogP contribution in [0.15, 0.2) is 54.6 Å². The molecule has 5 nitrogen and oxygen atoms in total. The molecule has 0 fully saturated rings. The first-order chi connectivity index (χ1) is 12.4. The zero-order chi connectivity index (χ0) is 19.1. The summed E-state index contributed by atoms with van der Waals surface area (Å²) in [6.07, 6.45) is -1.43. The zero-order valence-corrected chi connectivity index (χ0v) is 15.8. The third kappa shape index (κ3) is 6.02. The van der Waals surface area contributed by atoms with Crippen molar-refractivity contribution in [1.82, 2.24) is 0 Å². The van der Waals surface area contributed by atoms with E-state index in [0.717, 1.165) is 17.1 Å². The third-order valence-electron chi connectivity index (χ3n) is 4.01. The minimum Gasteiger partial charge on any atom is -0.392 e. The molecule has 26 heavy (non-hydrogen) atoms.